The van der Waals surface area contributed by atoms with Crippen LogP contribution in [-0.4, -0.2) is 11.3 Å². The van der Waals surface area contributed by atoms with Crippen LogP contribution in [0.1, 0.15) is 145 Å². The maximum Gasteiger partial charge on any atom is -0.00936 e. The van der Waals surface area contributed by atoms with E-state index in [1.165, 1.54) is 66.4 Å². The summed E-state index contributed by atoms with van der Waals surface area (Å²) < 4.78 is 0. The van der Waals surface area contributed by atoms with Crippen molar-refractivity contribution in [1.82, 2.24) is 0 Å². The van der Waals surface area contributed by atoms with Gasteiger partial charge in [-0.25, -0.2) is 0 Å². The lowest BCUT2D eigenvalue weighted by atomic mass is 9.74. The molecule has 0 N–H and O–H groups in total. The Morgan fingerprint density at radius 1 is 0.679 bits per heavy atom. The van der Waals surface area contributed by atoms with Gasteiger partial charge in [-0.3, -0.25) is 0 Å². The van der Waals surface area contributed by atoms with E-state index in [9.17, 15) is 0 Å². The molecular formula is C27H45P. The second-order valence-electron chi connectivity index (χ2n) is 10.5. The highest BCUT2D eigenvalue weighted by Crippen LogP contribution is 2.50. The molecule has 1 aromatic rings. The molecule has 0 amide bonds. The highest BCUT2D eigenvalue weighted by Gasteiger charge is 2.32. The van der Waals surface area contributed by atoms with Gasteiger partial charge in [-0.2, -0.15) is 0 Å². The van der Waals surface area contributed by atoms with E-state index in [-0.39, 0.29) is 0 Å². The van der Waals surface area contributed by atoms with Crippen molar-refractivity contribution in [3.8, 4) is 0 Å². The van der Waals surface area contributed by atoms with E-state index in [1.807, 2.05) is 0 Å². The minimum atomic E-state index is 0.621. The molecule has 3 rings (SSSR count). The molecule has 0 aromatic heterocycles. The van der Waals surface area contributed by atoms with Crippen molar-refractivity contribution in [1.29, 1.82) is 0 Å². The van der Waals surface area contributed by atoms with Crippen LogP contribution in [0.2, 0.25) is 0 Å². The van der Waals surface area contributed by atoms with Gasteiger partial charge < -0.3 is 0 Å². The molecule has 28 heavy (non-hydrogen) atoms. The van der Waals surface area contributed by atoms with E-state index in [1.54, 1.807) is 22.3 Å². The molecular weight excluding hydrogens is 355 g/mol. The average Bonchev–Trinajstić information content (AvgIpc) is 2.68. The molecule has 1 heteroatoms. The van der Waals surface area contributed by atoms with Gasteiger partial charge in [0.05, 0.1) is 0 Å². The predicted molar refractivity (Wildman–Crippen MR) is 129 cm³/mol. The van der Waals surface area contributed by atoms with Crippen LogP contribution in [0.3, 0.4) is 0 Å². The topological polar surface area (TPSA) is 0 Å². The molecule has 0 bridgehead atoms. The fourth-order valence-corrected chi connectivity index (χ4v) is 8.36. The van der Waals surface area contributed by atoms with Crippen molar-refractivity contribution >= 4 is 8.58 Å². The van der Waals surface area contributed by atoms with Crippen LogP contribution in [0.5, 0.6) is 0 Å². The van der Waals surface area contributed by atoms with Gasteiger partial charge in [-0.05, 0) is 82.9 Å². The summed E-state index contributed by atoms with van der Waals surface area (Å²) in [5, 5.41) is 0. The Balaban J connectivity index is 1.98. The Morgan fingerprint density at radius 2 is 1.29 bits per heavy atom. The Labute approximate surface area is 177 Å². The second-order valence-corrected chi connectivity index (χ2v) is 12.4. The number of hydrogen-bond donors (Lipinski definition) is 0. The first kappa shape index (κ1) is 22.3. The first-order valence-electron chi connectivity index (χ1n) is 12.3. The molecule has 2 aliphatic rings. The summed E-state index contributed by atoms with van der Waals surface area (Å²) in [5.41, 5.74) is 8.76. The lowest BCUT2D eigenvalue weighted by molar-refractivity contribution is 0.442. The van der Waals surface area contributed by atoms with Gasteiger partial charge in [0.2, 0.25) is 0 Å². The van der Waals surface area contributed by atoms with Crippen molar-refractivity contribution in [2.45, 2.75) is 134 Å². The average molecular weight is 401 g/mol. The van der Waals surface area contributed by atoms with Crippen molar-refractivity contribution < 1.29 is 0 Å². The molecule has 0 heterocycles. The zero-order chi connectivity index (χ0) is 20.3. The van der Waals surface area contributed by atoms with Crippen LogP contribution in [0, 0.1) is 0 Å². The Bertz CT molecular complexity index is 621. The zero-order valence-electron chi connectivity index (χ0n) is 19.5. The fraction of sp³-hybridized carbons (Fsp3) is 0.778. The molecule has 3 unspecified atom stereocenters. The normalized spacial score (nSPS) is 24.9. The standard InChI is InChI=1S/C27H45P/c1-18(2)22-16-17-24(27(20(5)6)26(22)19(3)4)23-14-10-11-15-25(23)28-21-12-8-7-9-13-21/h16-21,23,25,28H,7-15H2,1-6H3. The number of hydrogen-bond acceptors (Lipinski definition) is 0. The molecule has 0 saturated heterocycles. The molecule has 0 radical (unpaired) electrons. The predicted octanol–water partition coefficient (Wildman–Crippen LogP) is 9.09. The summed E-state index contributed by atoms with van der Waals surface area (Å²) in [6, 6.07) is 5.08. The molecule has 1 aromatic carbocycles. The molecule has 0 aliphatic heterocycles. The lowest BCUT2D eigenvalue weighted by Gasteiger charge is -2.38. The van der Waals surface area contributed by atoms with Crippen LogP contribution in [0.25, 0.3) is 0 Å². The van der Waals surface area contributed by atoms with Crippen molar-refractivity contribution in [2.75, 3.05) is 0 Å². The summed E-state index contributed by atoms with van der Waals surface area (Å²) >= 11 is 0. The summed E-state index contributed by atoms with van der Waals surface area (Å²) in [6.45, 7) is 14.5. The van der Waals surface area contributed by atoms with Crippen LogP contribution >= 0.6 is 8.58 Å². The molecule has 3 atom stereocenters. The maximum absolute atomic E-state index is 2.57. The van der Waals surface area contributed by atoms with Crippen molar-refractivity contribution in [3.05, 3.63) is 34.4 Å². The summed E-state index contributed by atoms with van der Waals surface area (Å²) in [6.07, 6.45) is 13.3. The van der Waals surface area contributed by atoms with Crippen molar-refractivity contribution in [3.63, 3.8) is 0 Å². The van der Waals surface area contributed by atoms with E-state index in [0.717, 1.165) is 17.2 Å². The highest BCUT2D eigenvalue weighted by atomic mass is 31.1. The second kappa shape index (κ2) is 10.1. The molecule has 0 spiro atoms. The van der Waals surface area contributed by atoms with Gasteiger partial charge >= 0.3 is 0 Å². The van der Waals surface area contributed by atoms with E-state index in [0.29, 0.717) is 17.8 Å². The summed E-state index contributed by atoms with van der Waals surface area (Å²) in [7, 11) is 1.21. The summed E-state index contributed by atoms with van der Waals surface area (Å²) in [4.78, 5) is 0. The maximum atomic E-state index is 2.57. The monoisotopic (exact) mass is 400 g/mol. The van der Waals surface area contributed by atoms with Gasteiger partial charge in [0.15, 0.2) is 0 Å². The van der Waals surface area contributed by atoms with E-state index >= 15 is 0 Å². The van der Waals surface area contributed by atoms with Gasteiger partial charge in [0, 0.05) is 0 Å². The molecule has 2 fully saturated rings. The summed E-state index contributed by atoms with van der Waals surface area (Å²) in [5.74, 6) is 2.70. The Kier molecular flexibility index (Phi) is 8.06. The third kappa shape index (κ3) is 5.03. The third-order valence-electron chi connectivity index (χ3n) is 7.35. The first-order chi connectivity index (χ1) is 13.4. The van der Waals surface area contributed by atoms with Gasteiger partial charge in [-0.15, -0.1) is 8.58 Å². The zero-order valence-corrected chi connectivity index (χ0v) is 20.5. The highest BCUT2D eigenvalue weighted by molar-refractivity contribution is 7.39. The van der Waals surface area contributed by atoms with Gasteiger partial charge in [-0.1, -0.05) is 85.8 Å². The molecule has 2 saturated carbocycles. The minimum absolute atomic E-state index is 0.621. The quantitative estimate of drug-likeness (QED) is 0.418. The smallest absolute Gasteiger partial charge is 0.00936 e. The fourth-order valence-electron chi connectivity index (χ4n) is 6.06. The largest absolute Gasteiger partial charge is 0.115 e. The Hall–Kier alpha value is -0.350. The van der Waals surface area contributed by atoms with E-state index in [2.05, 4.69) is 53.7 Å². The number of benzene rings is 1. The van der Waals surface area contributed by atoms with Crippen LogP contribution in [0.15, 0.2) is 12.1 Å². The minimum Gasteiger partial charge on any atom is -0.115 e. The van der Waals surface area contributed by atoms with E-state index < -0.39 is 0 Å². The van der Waals surface area contributed by atoms with Crippen LogP contribution in [-0.2, 0) is 0 Å². The third-order valence-corrected chi connectivity index (χ3v) is 9.52. The van der Waals surface area contributed by atoms with Gasteiger partial charge in [0.1, 0.15) is 0 Å². The molecule has 0 nitrogen and oxygen atoms in total. The van der Waals surface area contributed by atoms with Gasteiger partial charge in [0.25, 0.3) is 0 Å². The molecule has 2 aliphatic carbocycles. The van der Waals surface area contributed by atoms with Crippen molar-refractivity contribution in [2.24, 2.45) is 0 Å². The SMILES string of the molecule is CC(C)c1ccc(C2CCCCC2PC2CCCCC2)c(C(C)C)c1C(C)C. The van der Waals surface area contributed by atoms with E-state index in [4.69, 9.17) is 0 Å². The number of rotatable bonds is 6. The van der Waals surface area contributed by atoms with Crippen LogP contribution in [0.4, 0.5) is 0 Å². The van der Waals surface area contributed by atoms with Crippen LogP contribution < -0.4 is 0 Å². The first-order valence-corrected chi connectivity index (χ1v) is 13.5. The lowest BCUT2D eigenvalue weighted by Crippen LogP contribution is -2.24. The Morgan fingerprint density at radius 3 is 1.89 bits per heavy atom. The molecule has 158 valence electrons.